The van der Waals surface area contributed by atoms with Crippen LogP contribution in [-0.4, -0.2) is 18.5 Å². The minimum atomic E-state index is -2.40. The van der Waals surface area contributed by atoms with Gasteiger partial charge in [0.1, 0.15) is 0 Å². The minimum absolute atomic E-state index is 0.101. The van der Waals surface area contributed by atoms with Crippen molar-refractivity contribution in [2.45, 2.75) is 83.6 Å². The Bertz CT molecular complexity index is 283. The lowest BCUT2D eigenvalue weighted by molar-refractivity contribution is -0.0532. The van der Waals surface area contributed by atoms with Gasteiger partial charge < -0.3 is 5.32 Å². The van der Waals surface area contributed by atoms with Gasteiger partial charge in [-0.1, -0.05) is 26.7 Å². The van der Waals surface area contributed by atoms with Crippen LogP contribution in [0, 0.1) is 17.8 Å². The molecule has 0 aromatic rings. The average Bonchev–Trinajstić information content (AvgIpc) is 2.41. The molecule has 0 aromatic carbocycles. The summed E-state index contributed by atoms with van der Waals surface area (Å²) in [6.07, 6.45) is 7.99. The maximum Gasteiger partial charge on any atom is 0.248 e. The molecule has 20 heavy (non-hydrogen) atoms. The summed E-state index contributed by atoms with van der Waals surface area (Å²) in [5.74, 6) is -0.408. The minimum Gasteiger partial charge on any atom is -0.313 e. The Morgan fingerprint density at radius 1 is 1.10 bits per heavy atom. The molecule has 2 rings (SSSR count). The fraction of sp³-hybridized carbons (Fsp3) is 1.00. The monoisotopic (exact) mass is 287 g/mol. The number of rotatable bonds is 5. The third-order valence-corrected chi connectivity index (χ3v) is 5.38. The first-order chi connectivity index (χ1) is 9.52. The molecule has 0 bridgehead atoms. The molecule has 2 aliphatic rings. The summed E-state index contributed by atoms with van der Waals surface area (Å²) in [7, 11) is 0. The Morgan fingerprint density at radius 3 is 2.40 bits per heavy atom. The summed E-state index contributed by atoms with van der Waals surface area (Å²) in [6.45, 7) is 5.56. The van der Waals surface area contributed by atoms with Crippen LogP contribution >= 0.6 is 0 Å². The van der Waals surface area contributed by atoms with E-state index in [2.05, 4.69) is 19.2 Å². The van der Waals surface area contributed by atoms with Gasteiger partial charge in [-0.15, -0.1) is 0 Å². The van der Waals surface area contributed by atoms with Crippen LogP contribution < -0.4 is 5.32 Å². The van der Waals surface area contributed by atoms with Crippen LogP contribution in [0.2, 0.25) is 0 Å². The Hall–Kier alpha value is -0.180. The first kappa shape index (κ1) is 16.2. The number of hydrogen-bond donors (Lipinski definition) is 1. The van der Waals surface area contributed by atoms with Crippen molar-refractivity contribution in [2.75, 3.05) is 6.54 Å². The average molecular weight is 287 g/mol. The van der Waals surface area contributed by atoms with Crippen LogP contribution in [-0.2, 0) is 0 Å². The third-order valence-electron chi connectivity index (χ3n) is 5.38. The van der Waals surface area contributed by atoms with Crippen molar-refractivity contribution in [2.24, 2.45) is 17.8 Å². The highest BCUT2D eigenvalue weighted by Gasteiger charge is 2.40. The molecule has 0 aromatic heterocycles. The molecule has 3 atom stereocenters. The van der Waals surface area contributed by atoms with Gasteiger partial charge >= 0.3 is 0 Å². The summed E-state index contributed by atoms with van der Waals surface area (Å²) in [6, 6.07) is 0.480. The van der Waals surface area contributed by atoms with Crippen LogP contribution in [0.5, 0.6) is 0 Å². The molecule has 0 saturated heterocycles. The maximum absolute atomic E-state index is 13.4. The zero-order valence-corrected chi connectivity index (χ0v) is 13.1. The normalized spacial score (nSPS) is 33.0. The van der Waals surface area contributed by atoms with Gasteiger partial charge in [0.05, 0.1) is 0 Å². The van der Waals surface area contributed by atoms with Gasteiger partial charge in [0, 0.05) is 18.9 Å². The fourth-order valence-electron chi connectivity index (χ4n) is 4.26. The second kappa shape index (κ2) is 7.20. The van der Waals surface area contributed by atoms with Gasteiger partial charge in [0.15, 0.2) is 0 Å². The molecule has 2 aliphatic carbocycles. The fourth-order valence-corrected chi connectivity index (χ4v) is 4.26. The van der Waals surface area contributed by atoms with E-state index < -0.39 is 5.92 Å². The Morgan fingerprint density at radius 2 is 1.80 bits per heavy atom. The quantitative estimate of drug-likeness (QED) is 0.749. The van der Waals surface area contributed by atoms with Crippen molar-refractivity contribution < 1.29 is 8.78 Å². The van der Waals surface area contributed by atoms with Crippen molar-refractivity contribution in [3.63, 3.8) is 0 Å². The molecule has 118 valence electrons. The predicted octanol–water partition coefficient (Wildman–Crippen LogP) is 5.01. The Balaban J connectivity index is 1.96. The summed E-state index contributed by atoms with van der Waals surface area (Å²) in [4.78, 5) is 0. The molecule has 1 nitrogen and oxygen atoms in total. The lowest BCUT2D eigenvalue weighted by atomic mass is 9.71. The third kappa shape index (κ3) is 4.41. The van der Waals surface area contributed by atoms with E-state index in [0.29, 0.717) is 30.7 Å². The molecule has 1 N–H and O–H groups in total. The number of alkyl halides is 2. The molecule has 3 unspecified atom stereocenters. The van der Waals surface area contributed by atoms with Crippen LogP contribution in [0.1, 0.15) is 71.6 Å². The Labute approximate surface area is 122 Å². The molecule has 2 fully saturated rings. The van der Waals surface area contributed by atoms with Crippen molar-refractivity contribution in [3.8, 4) is 0 Å². The molecular formula is C17H31F2N. The molecule has 0 heterocycles. The second-order valence-electron chi connectivity index (χ2n) is 7.21. The van der Waals surface area contributed by atoms with E-state index in [-0.39, 0.29) is 12.8 Å². The number of halogens is 2. The highest BCUT2D eigenvalue weighted by atomic mass is 19.3. The van der Waals surface area contributed by atoms with E-state index >= 15 is 0 Å². The lowest BCUT2D eigenvalue weighted by Crippen LogP contribution is -2.46. The van der Waals surface area contributed by atoms with Gasteiger partial charge in [-0.3, -0.25) is 0 Å². The van der Waals surface area contributed by atoms with Crippen LogP contribution in [0.3, 0.4) is 0 Å². The van der Waals surface area contributed by atoms with Gasteiger partial charge in [0.2, 0.25) is 5.92 Å². The largest absolute Gasteiger partial charge is 0.313 e. The molecular weight excluding hydrogens is 256 g/mol. The zero-order valence-electron chi connectivity index (χ0n) is 13.1. The van der Waals surface area contributed by atoms with Gasteiger partial charge in [-0.05, 0) is 56.4 Å². The van der Waals surface area contributed by atoms with E-state index in [1.165, 1.54) is 25.7 Å². The van der Waals surface area contributed by atoms with Crippen LogP contribution in [0.25, 0.3) is 0 Å². The van der Waals surface area contributed by atoms with Crippen molar-refractivity contribution in [1.29, 1.82) is 0 Å². The summed E-state index contributed by atoms with van der Waals surface area (Å²) >= 11 is 0. The molecule has 0 radical (unpaired) electrons. The molecule has 0 amide bonds. The topological polar surface area (TPSA) is 12.0 Å². The Kier molecular flexibility index (Phi) is 5.83. The molecule has 2 saturated carbocycles. The highest BCUT2D eigenvalue weighted by Crippen LogP contribution is 2.41. The molecule has 3 heteroatoms. The smallest absolute Gasteiger partial charge is 0.248 e. The predicted molar refractivity (Wildman–Crippen MR) is 80.1 cm³/mol. The zero-order chi connectivity index (χ0) is 14.6. The summed E-state index contributed by atoms with van der Waals surface area (Å²) in [5.41, 5.74) is 0. The van der Waals surface area contributed by atoms with Crippen molar-refractivity contribution in [1.82, 2.24) is 5.32 Å². The first-order valence-corrected chi connectivity index (χ1v) is 8.63. The number of nitrogens with one attached hydrogen (secondary N) is 1. The summed E-state index contributed by atoms with van der Waals surface area (Å²) < 4.78 is 26.8. The van der Waals surface area contributed by atoms with Gasteiger partial charge in [-0.25, -0.2) is 8.78 Å². The van der Waals surface area contributed by atoms with Gasteiger partial charge in [0.25, 0.3) is 0 Å². The van der Waals surface area contributed by atoms with Crippen LogP contribution in [0.15, 0.2) is 0 Å². The van der Waals surface area contributed by atoms with E-state index in [1.807, 2.05) is 0 Å². The van der Waals surface area contributed by atoms with E-state index in [9.17, 15) is 8.78 Å². The van der Waals surface area contributed by atoms with Gasteiger partial charge in [-0.2, -0.15) is 0 Å². The first-order valence-electron chi connectivity index (χ1n) is 8.63. The maximum atomic E-state index is 13.4. The van der Waals surface area contributed by atoms with E-state index in [0.717, 1.165) is 18.9 Å². The summed E-state index contributed by atoms with van der Waals surface area (Å²) in [5, 5.41) is 3.71. The highest BCUT2D eigenvalue weighted by molar-refractivity contribution is 4.90. The molecule has 0 aliphatic heterocycles. The van der Waals surface area contributed by atoms with Crippen molar-refractivity contribution >= 4 is 0 Å². The second-order valence-corrected chi connectivity index (χ2v) is 7.21. The molecule has 0 spiro atoms. The standard InChI is InChI=1S/C17H31F2N/c1-3-11-20-16(15-6-4-5-13(2)12-15)14-7-9-17(18,19)10-8-14/h13-16,20H,3-12H2,1-2H3. The SMILES string of the molecule is CCCNC(C1CCC(F)(F)CC1)C1CCCC(C)C1. The van der Waals surface area contributed by atoms with Crippen molar-refractivity contribution in [3.05, 3.63) is 0 Å². The number of hydrogen-bond acceptors (Lipinski definition) is 1. The van der Waals surface area contributed by atoms with Crippen LogP contribution in [0.4, 0.5) is 8.78 Å². The van der Waals surface area contributed by atoms with E-state index in [4.69, 9.17) is 0 Å². The van der Waals surface area contributed by atoms with E-state index in [1.54, 1.807) is 0 Å². The lowest BCUT2D eigenvalue weighted by Gasteiger charge is -2.41.